The second-order valence-corrected chi connectivity index (χ2v) is 10.5. The Kier molecular flexibility index (Phi) is 12.2. The number of carbonyl (C=O) groups is 1. The third kappa shape index (κ3) is 8.46. The van der Waals surface area contributed by atoms with Crippen LogP contribution in [0.1, 0.15) is 41.7 Å². The van der Waals surface area contributed by atoms with Crippen molar-refractivity contribution in [2.75, 3.05) is 19.8 Å². The maximum Gasteiger partial charge on any atom is 0.323 e. The molecule has 0 amide bonds. The fourth-order valence-electron chi connectivity index (χ4n) is 4.69. The van der Waals surface area contributed by atoms with E-state index in [9.17, 15) is 20.3 Å². The van der Waals surface area contributed by atoms with Crippen molar-refractivity contribution in [3.05, 3.63) is 99.8 Å². The first-order valence-electron chi connectivity index (χ1n) is 14.8. The number of hydrogen-bond acceptors (Lipinski definition) is 9. The summed E-state index contributed by atoms with van der Waals surface area (Å²) >= 11 is 6.86. The van der Waals surface area contributed by atoms with Crippen LogP contribution in [0.25, 0.3) is 11.1 Å². The molecule has 0 unspecified atom stereocenters. The number of aliphatic carboxylic acids is 1. The molecule has 10 nitrogen and oxygen atoms in total. The van der Waals surface area contributed by atoms with Gasteiger partial charge in [-0.1, -0.05) is 49.7 Å². The highest BCUT2D eigenvalue weighted by Gasteiger charge is 2.19. The molecule has 1 aliphatic heterocycles. The lowest BCUT2D eigenvalue weighted by Crippen LogP contribution is -2.39. The van der Waals surface area contributed by atoms with Gasteiger partial charge in [-0.05, 0) is 42.3 Å². The zero-order valence-corrected chi connectivity index (χ0v) is 26.6. The minimum absolute atomic E-state index is 0.115. The summed E-state index contributed by atoms with van der Waals surface area (Å²) < 4.78 is 23.7. The molecule has 0 bridgehead atoms. The number of aromatic nitrogens is 1. The Labute approximate surface area is 273 Å². The number of nitrogens with zero attached hydrogens (tertiary/aromatic N) is 2. The number of pyridine rings is 1. The van der Waals surface area contributed by atoms with Crippen molar-refractivity contribution in [2.45, 2.75) is 46.6 Å². The third-order valence-electron chi connectivity index (χ3n) is 7.01. The summed E-state index contributed by atoms with van der Waals surface area (Å²) in [5.74, 6) is 1.20. The van der Waals surface area contributed by atoms with Gasteiger partial charge in [-0.3, -0.25) is 15.1 Å². The highest BCUT2D eigenvalue weighted by Crippen LogP contribution is 2.38. The molecule has 0 aliphatic carbocycles. The third-order valence-corrected chi connectivity index (χ3v) is 7.46. The quantitative estimate of drug-likeness (QED) is 0.166. The highest BCUT2D eigenvalue weighted by atomic mass is 35.5. The smallest absolute Gasteiger partial charge is 0.323 e. The summed E-state index contributed by atoms with van der Waals surface area (Å²) in [6.07, 6.45) is 3.07. The van der Waals surface area contributed by atoms with E-state index in [0.717, 1.165) is 22.3 Å². The zero-order chi connectivity index (χ0) is 33.1. The lowest BCUT2D eigenvalue weighted by Gasteiger charge is -2.20. The molecule has 0 saturated carbocycles. The number of ether oxygens (including phenoxy) is 4. The normalized spacial score (nSPS) is 12.3. The summed E-state index contributed by atoms with van der Waals surface area (Å²) in [7, 11) is 0. The largest absolute Gasteiger partial charge is 0.488 e. The molecule has 3 aromatic carbocycles. The number of aryl methyl sites for hydroxylation is 1. The Bertz CT molecular complexity index is 1710. The second kappa shape index (κ2) is 16.5. The van der Waals surface area contributed by atoms with E-state index in [4.69, 9.17) is 30.5 Å². The minimum atomic E-state index is -1.17. The van der Waals surface area contributed by atoms with Crippen LogP contribution in [-0.4, -0.2) is 47.0 Å². The van der Waals surface area contributed by atoms with Crippen molar-refractivity contribution in [3.63, 3.8) is 0 Å². The van der Waals surface area contributed by atoms with Crippen LogP contribution in [0.4, 0.5) is 0 Å². The lowest BCUT2D eigenvalue weighted by atomic mass is 10.0. The molecule has 2 heterocycles. The number of rotatable bonds is 12. The summed E-state index contributed by atoms with van der Waals surface area (Å²) in [4.78, 5) is 15.5. The Morgan fingerprint density at radius 1 is 1.02 bits per heavy atom. The monoisotopic (exact) mass is 645 g/mol. The van der Waals surface area contributed by atoms with E-state index in [2.05, 4.69) is 16.4 Å². The van der Waals surface area contributed by atoms with Crippen molar-refractivity contribution >= 4 is 17.6 Å². The lowest BCUT2D eigenvalue weighted by molar-refractivity contribution is -0.140. The number of fused-ring (bicyclic) bond motifs is 1. The van der Waals surface area contributed by atoms with Gasteiger partial charge in [0.1, 0.15) is 50.0 Å². The van der Waals surface area contributed by atoms with Crippen LogP contribution in [0.2, 0.25) is 5.02 Å². The number of carboxylic acid groups (broad SMARTS) is 1. The standard InChI is InChI=1S/C33H30ClN3O7.C2H6/c1-20-9-25(16-37-27(17-38)33(39)40)30(43-18-22-10-21(13-35)14-36-15-22)12-29(20)44-19-24-3-2-4-26(32(24)34)23-5-6-28-31(11-23)42-8-7-41-28;1-2/h2-6,9-12,14-15,27,37-38H,7-8,16-19H2,1H3,(H,39,40);1-2H3/t27-;/m0./s1. The molecule has 11 heteroatoms. The van der Waals surface area contributed by atoms with Gasteiger partial charge < -0.3 is 29.2 Å². The molecule has 1 aromatic heterocycles. The number of nitrogens with one attached hydrogen (secondary N) is 1. The van der Waals surface area contributed by atoms with Crippen LogP contribution in [-0.2, 0) is 24.6 Å². The highest BCUT2D eigenvalue weighted by molar-refractivity contribution is 6.34. The average Bonchev–Trinajstić information content (AvgIpc) is 3.08. The van der Waals surface area contributed by atoms with E-state index in [0.29, 0.717) is 57.9 Å². The van der Waals surface area contributed by atoms with Gasteiger partial charge in [0.25, 0.3) is 0 Å². The predicted molar refractivity (Wildman–Crippen MR) is 173 cm³/mol. The van der Waals surface area contributed by atoms with Crippen molar-refractivity contribution in [1.82, 2.24) is 10.3 Å². The Morgan fingerprint density at radius 3 is 2.52 bits per heavy atom. The number of hydrogen-bond donors (Lipinski definition) is 3. The van der Waals surface area contributed by atoms with Crippen LogP contribution < -0.4 is 24.3 Å². The zero-order valence-electron chi connectivity index (χ0n) is 25.9. The molecule has 46 heavy (non-hydrogen) atoms. The molecule has 4 aromatic rings. The van der Waals surface area contributed by atoms with Gasteiger partial charge in [-0.25, -0.2) is 0 Å². The number of benzene rings is 3. The first-order chi connectivity index (χ1) is 22.4. The van der Waals surface area contributed by atoms with Gasteiger partial charge >= 0.3 is 5.97 Å². The Balaban J connectivity index is 0.00000235. The van der Waals surface area contributed by atoms with Crippen LogP contribution in [0.3, 0.4) is 0 Å². The van der Waals surface area contributed by atoms with Crippen molar-refractivity contribution in [2.24, 2.45) is 0 Å². The van der Waals surface area contributed by atoms with Gasteiger partial charge in [-0.2, -0.15) is 5.26 Å². The molecule has 3 N–H and O–H groups in total. The Hall–Kier alpha value is -4.82. The fraction of sp³-hybridized carbons (Fsp3) is 0.286. The van der Waals surface area contributed by atoms with Crippen molar-refractivity contribution in [1.29, 1.82) is 5.26 Å². The predicted octanol–water partition coefficient (Wildman–Crippen LogP) is 6.07. The van der Waals surface area contributed by atoms with Gasteiger partial charge in [0.05, 0.1) is 17.2 Å². The number of carboxylic acids is 1. The maximum absolute atomic E-state index is 11.4. The average molecular weight is 646 g/mol. The molecule has 0 saturated heterocycles. The van der Waals surface area contributed by atoms with E-state index in [-0.39, 0.29) is 19.8 Å². The number of nitriles is 1. The van der Waals surface area contributed by atoms with E-state index in [1.165, 1.54) is 6.20 Å². The Morgan fingerprint density at radius 2 is 1.78 bits per heavy atom. The van der Waals surface area contributed by atoms with Crippen LogP contribution in [0.5, 0.6) is 23.0 Å². The van der Waals surface area contributed by atoms with Gasteiger partial charge in [0.15, 0.2) is 11.5 Å². The minimum Gasteiger partial charge on any atom is -0.488 e. The summed E-state index contributed by atoms with van der Waals surface area (Å²) in [5.41, 5.74) is 5.04. The van der Waals surface area contributed by atoms with Crippen LogP contribution in [0, 0.1) is 18.3 Å². The molecule has 1 aliphatic rings. The van der Waals surface area contributed by atoms with Crippen molar-refractivity contribution in [3.8, 4) is 40.2 Å². The molecular formula is C35H36ClN3O7. The molecule has 240 valence electrons. The molecular weight excluding hydrogens is 610 g/mol. The second-order valence-electron chi connectivity index (χ2n) is 10.1. The molecule has 0 fully saturated rings. The van der Waals surface area contributed by atoms with E-state index < -0.39 is 18.6 Å². The SMILES string of the molecule is CC.Cc1cc(CN[C@@H](CO)C(=O)O)c(OCc2cncc(C#N)c2)cc1OCc1cccc(-c2ccc3c(c2)OCCO3)c1Cl. The van der Waals surface area contributed by atoms with Gasteiger partial charge in [-0.15, -0.1) is 0 Å². The number of aliphatic hydroxyl groups excluding tert-OH is 1. The molecule has 5 rings (SSSR count). The van der Waals surface area contributed by atoms with E-state index >= 15 is 0 Å². The van der Waals surface area contributed by atoms with E-state index in [1.807, 2.05) is 63.2 Å². The van der Waals surface area contributed by atoms with Gasteiger partial charge in [0.2, 0.25) is 0 Å². The first-order valence-corrected chi connectivity index (χ1v) is 15.2. The van der Waals surface area contributed by atoms with E-state index in [1.54, 1.807) is 18.3 Å². The van der Waals surface area contributed by atoms with Crippen LogP contribution in [0.15, 0.2) is 67.0 Å². The number of halogens is 1. The van der Waals surface area contributed by atoms with Crippen molar-refractivity contribution < 1.29 is 34.0 Å². The van der Waals surface area contributed by atoms with Gasteiger partial charge in [0, 0.05) is 47.3 Å². The molecule has 1 atom stereocenters. The fourth-order valence-corrected chi connectivity index (χ4v) is 4.98. The maximum atomic E-state index is 11.4. The molecule has 0 radical (unpaired) electrons. The molecule has 0 spiro atoms. The van der Waals surface area contributed by atoms with Crippen LogP contribution >= 0.6 is 11.6 Å². The summed E-state index contributed by atoms with van der Waals surface area (Å²) in [6, 6.07) is 17.6. The topological polar surface area (TPSA) is 143 Å². The summed E-state index contributed by atoms with van der Waals surface area (Å²) in [6.45, 7) is 6.72. The summed E-state index contributed by atoms with van der Waals surface area (Å²) in [5, 5.41) is 31.4. The number of aliphatic hydroxyl groups is 1. The first kappa shape index (κ1) is 34.1.